The number of pyridine rings is 1. The van der Waals surface area contributed by atoms with Crippen molar-refractivity contribution in [3.05, 3.63) is 65.5 Å². The lowest BCUT2D eigenvalue weighted by Crippen LogP contribution is -1.98. The summed E-state index contributed by atoms with van der Waals surface area (Å²) < 4.78 is 27.0. The summed E-state index contributed by atoms with van der Waals surface area (Å²) in [6.45, 7) is 0. The fourth-order valence-corrected chi connectivity index (χ4v) is 2.93. The van der Waals surface area contributed by atoms with Gasteiger partial charge in [-0.15, -0.1) is 0 Å². The van der Waals surface area contributed by atoms with Crippen LogP contribution in [0.3, 0.4) is 0 Å². The van der Waals surface area contributed by atoms with Gasteiger partial charge in [0.1, 0.15) is 11.6 Å². The smallest absolute Gasteiger partial charge is 0.233 e. The first kappa shape index (κ1) is 16.8. The molecule has 8 heteroatoms. The van der Waals surface area contributed by atoms with E-state index in [-0.39, 0.29) is 27.7 Å². The molecule has 0 spiro atoms. The van der Waals surface area contributed by atoms with Gasteiger partial charge in [-0.25, -0.2) is 13.8 Å². The third-order valence-electron chi connectivity index (χ3n) is 3.32. The molecule has 5 nitrogen and oxygen atoms in total. The van der Waals surface area contributed by atoms with Crippen molar-refractivity contribution in [2.24, 2.45) is 0 Å². The van der Waals surface area contributed by atoms with Gasteiger partial charge in [0, 0.05) is 29.3 Å². The Balaban J connectivity index is 1.94. The van der Waals surface area contributed by atoms with Crippen molar-refractivity contribution in [2.75, 3.05) is 0 Å². The van der Waals surface area contributed by atoms with Crippen molar-refractivity contribution in [1.29, 1.82) is 5.26 Å². The van der Waals surface area contributed by atoms with E-state index < -0.39 is 17.5 Å². The number of hydrogen-bond donors (Lipinski definition) is 1. The van der Waals surface area contributed by atoms with Crippen LogP contribution in [0.4, 0.5) is 8.78 Å². The van der Waals surface area contributed by atoms with Crippen molar-refractivity contribution < 1.29 is 13.9 Å². The van der Waals surface area contributed by atoms with Crippen molar-refractivity contribution in [3.63, 3.8) is 0 Å². The Labute approximate surface area is 146 Å². The van der Waals surface area contributed by atoms with E-state index in [9.17, 15) is 19.1 Å². The Morgan fingerprint density at radius 3 is 2.60 bits per heavy atom. The van der Waals surface area contributed by atoms with Crippen molar-refractivity contribution in [1.82, 2.24) is 15.0 Å². The van der Waals surface area contributed by atoms with Crippen LogP contribution in [0, 0.1) is 23.0 Å². The van der Waals surface area contributed by atoms with Crippen LogP contribution in [0.1, 0.15) is 11.1 Å². The summed E-state index contributed by atoms with van der Waals surface area (Å²) in [5.41, 5.74) is 0.929. The molecule has 0 aliphatic rings. The Morgan fingerprint density at radius 2 is 1.88 bits per heavy atom. The number of aromatic hydroxyl groups is 1. The Hall–Kier alpha value is -3.05. The van der Waals surface area contributed by atoms with E-state index in [1.54, 1.807) is 12.1 Å². The molecule has 0 saturated carbocycles. The van der Waals surface area contributed by atoms with E-state index in [0.717, 1.165) is 17.8 Å². The van der Waals surface area contributed by atoms with E-state index in [4.69, 9.17) is 0 Å². The molecule has 0 atom stereocenters. The first-order valence-electron chi connectivity index (χ1n) is 7.07. The SMILES string of the molecule is N#Cc1c(O)nc(SCc2cccc(F)c2F)nc1-c1ccncc1. The van der Waals surface area contributed by atoms with Crippen LogP contribution < -0.4 is 0 Å². The fourth-order valence-electron chi connectivity index (χ4n) is 2.12. The second-order valence-electron chi connectivity index (χ2n) is 4.90. The number of rotatable bonds is 4. The molecule has 0 saturated heterocycles. The molecule has 2 heterocycles. The lowest BCUT2D eigenvalue weighted by atomic mass is 10.1. The zero-order valence-corrected chi connectivity index (χ0v) is 13.5. The van der Waals surface area contributed by atoms with E-state index in [2.05, 4.69) is 15.0 Å². The third-order valence-corrected chi connectivity index (χ3v) is 4.22. The van der Waals surface area contributed by atoms with Crippen molar-refractivity contribution >= 4 is 11.8 Å². The minimum absolute atomic E-state index is 0.0625. The normalized spacial score (nSPS) is 10.4. The van der Waals surface area contributed by atoms with Gasteiger partial charge in [0.2, 0.25) is 5.88 Å². The maximum absolute atomic E-state index is 13.7. The van der Waals surface area contributed by atoms with E-state index in [1.807, 2.05) is 6.07 Å². The molecule has 0 bridgehead atoms. The van der Waals surface area contributed by atoms with Crippen LogP contribution >= 0.6 is 11.8 Å². The zero-order chi connectivity index (χ0) is 17.8. The van der Waals surface area contributed by atoms with Gasteiger partial charge in [0.25, 0.3) is 0 Å². The number of nitriles is 1. The topological polar surface area (TPSA) is 82.7 Å². The molecule has 0 radical (unpaired) electrons. The highest BCUT2D eigenvalue weighted by atomic mass is 32.2. The number of halogens is 2. The van der Waals surface area contributed by atoms with Gasteiger partial charge in [-0.05, 0) is 18.2 Å². The van der Waals surface area contributed by atoms with Gasteiger partial charge in [0.05, 0.1) is 5.69 Å². The molecule has 0 unspecified atom stereocenters. The molecule has 0 fully saturated rings. The molecular formula is C17H10F2N4OS. The molecule has 3 rings (SSSR count). The predicted octanol–water partition coefficient (Wildman–Crippen LogP) is 3.69. The minimum Gasteiger partial charge on any atom is -0.492 e. The zero-order valence-electron chi connectivity index (χ0n) is 12.6. The van der Waals surface area contributed by atoms with Gasteiger partial charge in [0.15, 0.2) is 16.8 Å². The molecule has 0 aliphatic heterocycles. The number of nitrogens with zero attached hydrogens (tertiary/aromatic N) is 4. The molecule has 1 N–H and O–H groups in total. The van der Waals surface area contributed by atoms with Crippen LogP contribution in [0.15, 0.2) is 47.9 Å². The average molecular weight is 356 g/mol. The summed E-state index contributed by atoms with van der Waals surface area (Å²) in [6.07, 6.45) is 3.06. The molecule has 0 aliphatic carbocycles. The Morgan fingerprint density at radius 1 is 1.12 bits per heavy atom. The molecular weight excluding hydrogens is 346 g/mol. The van der Waals surface area contributed by atoms with Gasteiger partial charge in [-0.3, -0.25) is 4.98 Å². The number of thioether (sulfide) groups is 1. The van der Waals surface area contributed by atoms with Gasteiger partial charge < -0.3 is 5.11 Å². The summed E-state index contributed by atoms with van der Waals surface area (Å²) >= 11 is 1.02. The standard InChI is InChI=1S/C17H10F2N4OS/c18-13-3-1-2-11(14(13)19)9-25-17-22-15(10-4-6-21-7-5-10)12(8-20)16(24)23-17/h1-7H,9H2,(H,22,23,24). The minimum atomic E-state index is -0.931. The molecule has 25 heavy (non-hydrogen) atoms. The quantitative estimate of drug-likeness (QED) is 0.567. The summed E-state index contributed by atoms with van der Waals surface area (Å²) in [5.74, 6) is -2.25. The molecule has 3 aromatic rings. The highest BCUT2D eigenvalue weighted by molar-refractivity contribution is 7.98. The molecule has 124 valence electrons. The van der Waals surface area contributed by atoms with Crippen molar-refractivity contribution in [2.45, 2.75) is 10.9 Å². The van der Waals surface area contributed by atoms with Gasteiger partial charge >= 0.3 is 0 Å². The Kier molecular flexibility index (Phi) is 4.86. The van der Waals surface area contributed by atoms with E-state index in [1.165, 1.54) is 24.5 Å². The van der Waals surface area contributed by atoms with Crippen molar-refractivity contribution in [3.8, 4) is 23.2 Å². The van der Waals surface area contributed by atoms with Crippen LogP contribution in [0.2, 0.25) is 0 Å². The van der Waals surface area contributed by atoms with E-state index in [0.29, 0.717) is 5.56 Å². The maximum atomic E-state index is 13.7. The monoisotopic (exact) mass is 356 g/mol. The Bertz CT molecular complexity index is 961. The molecule has 1 aromatic carbocycles. The van der Waals surface area contributed by atoms with Gasteiger partial charge in [-0.1, -0.05) is 23.9 Å². The molecule has 0 amide bonds. The largest absolute Gasteiger partial charge is 0.492 e. The predicted molar refractivity (Wildman–Crippen MR) is 87.6 cm³/mol. The lowest BCUT2D eigenvalue weighted by molar-refractivity contribution is 0.444. The van der Waals surface area contributed by atoms with E-state index >= 15 is 0 Å². The molecule has 2 aromatic heterocycles. The number of benzene rings is 1. The third kappa shape index (κ3) is 3.56. The fraction of sp³-hybridized carbons (Fsp3) is 0.0588. The highest BCUT2D eigenvalue weighted by Crippen LogP contribution is 2.30. The summed E-state index contributed by atoms with van der Waals surface area (Å²) in [7, 11) is 0. The second-order valence-corrected chi connectivity index (χ2v) is 5.85. The van der Waals surface area contributed by atoms with Gasteiger partial charge in [-0.2, -0.15) is 10.2 Å². The summed E-state index contributed by atoms with van der Waals surface area (Å²) in [6, 6.07) is 9.05. The summed E-state index contributed by atoms with van der Waals surface area (Å²) in [5, 5.41) is 19.4. The van der Waals surface area contributed by atoms with Crippen LogP contribution in [0.25, 0.3) is 11.3 Å². The maximum Gasteiger partial charge on any atom is 0.233 e. The average Bonchev–Trinajstić information content (AvgIpc) is 2.63. The number of hydrogen-bond acceptors (Lipinski definition) is 6. The first-order valence-corrected chi connectivity index (χ1v) is 8.06. The van der Waals surface area contributed by atoms with Crippen LogP contribution in [-0.4, -0.2) is 20.1 Å². The lowest BCUT2D eigenvalue weighted by Gasteiger charge is -2.08. The second kappa shape index (κ2) is 7.23. The van der Waals surface area contributed by atoms with Crippen LogP contribution in [-0.2, 0) is 5.75 Å². The first-order chi connectivity index (χ1) is 12.1. The summed E-state index contributed by atoms with van der Waals surface area (Å²) in [4.78, 5) is 12.0. The van der Waals surface area contributed by atoms with Crippen LogP contribution in [0.5, 0.6) is 5.88 Å². The number of aromatic nitrogens is 3. The highest BCUT2D eigenvalue weighted by Gasteiger charge is 2.16.